The van der Waals surface area contributed by atoms with Gasteiger partial charge in [-0.1, -0.05) is 17.2 Å². The summed E-state index contributed by atoms with van der Waals surface area (Å²) in [5, 5.41) is 7.89. The number of nitrogens with zero attached hydrogens (tertiary/aromatic N) is 5. The van der Waals surface area contributed by atoms with Crippen molar-refractivity contribution in [3.05, 3.63) is 41.6 Å². The van der Waals surface area contributed by atoms with Gasteiger partial charge in [0.15, 0.2) is 0 Å². The molecule has 0 aliphatic carbocycles. The molecule has 152 valence electrons. The fourth-order valence-corrected chi connectivity index (χ4v) is 3.34. The molecule has 1 saturated heterocycles. The lowest BCUT2D eigenvalue weighted by Gasteiger charge is -2.33. The average Bonchev–Trinajstić information content (AvgIpc) is 3.34. The molecule has 1 aromatic carbocycles. The monoisotopic (exact) mass is 397 g/mol. The summed E-state index contributed by atoms with van der Waals surface area (Å²) in [6.45, 7) is 6.07. The first-order chi connectivity index (χ1) is 14.0. The second kappa shape index (κ2) is 7.94. The van der Waals surface area contributed by atoms with Crippen LogP contribution < -0.4 is 9.64 Å². The molecule has 29 heavy (non-hydrogen) atoms. The van der Waals surface area contributed by atoms with Crippen molar-refractivity contribution >= 4 is 11.9 Å². The first-order valence-corrected chi connectivity index (χ1v) is 9.47. The van der Waals surface area contributed by atoms with Crippen LogP contribution >= 0.6 is 0 Å². The summed E-state index contributed by atoms with van der Waals surface area (Å²) in [6, 6.07) is 8.02. The lowest BCUT2D eigenvalue weighted by Crippen LogP contribution is -2.49. The van der Waals surface area contributed by atoms with Crippen molar-refractivity contribution in [1.29, 1.82) is 0 Å². The number of ether oxygens (including phenoxy) is 1. The number of methoxy groups -OCH3 is 1. The van der Waals surface area contributed by atoms with E-state index in [4.69, 9.17) is 13.6 Å². The van der Waals surface area contributed by atoms with E-state index in [-0.39, 0.29) is 12.3 Å². The Kier molecular flexibility index (Phi) is 5.20. The molecule has 9 nitrogen and oxygen atoms in total. The summed E-state index contributed by atoms with van der Waals surface area (Å²) >= 11 is 0. The molecule has 9 heteroatoms. The highest BCUT2D eigenvalue weighted by molar-refractivity contribution is 5.79. The van der Waals surface area contributed by atoms with E-state index in [1.807, 2.05) is 41.0 Å². The molecule has 0 N–H and O–H groups in total. The zero-order valence-electron chi connectivity index (χ0n) is 16.7. The lowest BCUT2D eigenvalue weighted by molar-refractivity contribution is -0.130. The zero-order valence-corrected chi connectivity index (χ0v) is 16.7. The van der Waals surface area contributed by atoms with Crippen LogP contribution in [-0.4, -0.2) is 59.3 Å². The zero-order chi connectivity index (χ0) is 20.4. The summed E-state index contributed by atoms with van der Waals surface area (Å²) in [4.78, 5) is 21.2. The number of hydrogen-bond donors (Lipinski definition) is 0. The van der Waals surface area contributed by atoms with Crippen molar-refractivity contribution in [2.45, 2.75) is 20.3 Å². The third-order valence-electron chi connectivity index (χ3n) is 4.97. The van der Waals surface area contributed by atoms with Gasteiger partial charge in [-0.25, -0.2) is 4.98 Å². The van der Waals surface area contributed by atoms with Crippen LogP contribution in [0.3, 0.4) is 0 Å². The van der Waals surface area contributed by atoms with Gasteiger partial charge < -0.3 is 23.4 Å². The summed E-state index contributed by atoms with van der Waals surface area (Å²) in [6.07, 6.45) is 0.199. The molecule has 0 bridgehead atoms. The van der Waals surface area contributed by atoms with Gasteiger partial charge in [0.1, 0.15) is 11.5 Å². The Labute approximate surface area is 168 Å². The Bertz CT molecular complexity index is 1000. The van der Waals surface area contributed by atoms with Gasteiger partial charge in [0.2, 0.25) is 17.7 Å². The van der Waals surface area contributed by atoms with Gasteiger partial charge in [-0.05, 0) is 19.1 Å². The van der Waals surface area contributed by atoms with Crippen LogP contribution in [0.25, 0.3) is 11.5 Å². The number of carbonyl (C=O) groups excluding carboxylic acids is 1. The second-order valence-corrected chi connectivity index (χ2v) is 6.87. The number of aryl methyl sites for hydroxylation is 2. The molecule has 3 aromatic rings. The minimum Gasteiger partial charge on any atom is -0.496 e. The molecule has 0 saturated carbocycles. The third kappa shape index (κ3) is 3.94. The molecule has 3 heterocycles. The predicted molar refractivity (Wildman–Crippen MR) is 105 cm³/mol. The summed E-state index contributed by atoms with van der Waals surface area (Å²) in [7, 11) is 1.61. The molecule has 0 radical (unpaired) electrons. The maximum absolute atomic E-state index is 12.8. The largest absolute Gasteiger partial charge is 0.496 e. The van der Waals surface area contributed by atoms with Gasteiger partial charge in [0.25, 0.3) is 0 Å². The van der Waals surface area contributed by atoms with Gasteiger partial charge in [0, 0.05) is 33.1 Å². The Morgan fingerprint density at radius 2 is 1.86 bits per heavy atom. The van der Waals surface area contributed by atoms with E-state index in [0.29, 0.717) is 61.2 Å². The van der Waals surface area contributed by atoms with Crippen LogP contribution in [0.4, 0.5) is 6.01 Å². The SMILES string of the molecule is COc1ccccc1-c1nc(CC(=O)N2CCN(c3nnc(C)o3)CC2)c(C)o1. The highest BCUT2D eigenvalue weighted by Gasteiger charge is 2.25. The van der Waals surface area contributed by atoms with E-state index >= 15 is 0 Å². The number of rotatable bonds is 5. The fraction of sp³-hybridized carbons (Fsp3) is 0.400. The van der Waals surface area contributed by atoms with Gasteiger partial charge in [-0.2, -0.15) is 0 Å². The first-order valence-electron chi connectivity index (χ1n) is 9.47. The number of amides is 1. The van der Waals surface area contributed by atoms with Crippen LogP contribution in [0.1, 0.15) is 17.3 Å². The Balaban J connectivity index is 1.41. The van der Waals surface area contributed by atoms with E-state index in [9.17, 15) is 4.79 Å². The van der Waals surface area contributed by atoms with E-state index in [0.717, 1.165) is 5.56 Å². The number of oxazole rings is 1. The van der Waals surface area contributed by atoms with E-state index < -0.39 is 0 Å². The topological polar surface area (TPSA) is 97.7 Å². The maximum Gasteiger partial charge on any atom is 0.318 e. The lowest BCUT2D eigenvalue weighted by atomic mass is 10.2. The summed E-state index contributed by atoms with van der Waals surface area (Å²) < 4.78 is 16.6. The molecule has 1 aliphatic heterocycles. The molecule has 0 spiro atoms. The quantitative estimate of drug-likeness (QED) is 0.647. The van der Waals surface area contributed by atoms with Gasteiger partial charge in [0.05, 0.1) is 24.8 Å². The van der Waals surface area contributed by atoms with Crippen molar-refractivity contribution in [2.75, 3.05) is 38.2 Å². The molecule has 2 aromatic heterocycles. The molecular weight excluding hydrogens is 374 g/mol. The highest BCUT2D eigenvalue weighted by atomic mass is 16.5. The van der Waals surface area contributed by atoms with Crippen molar-refractivity contribution in [3.63, 3.8) is 0 Å². The summed E-state index contributed by atoms with van der Waals surface area (Å²) in [5.74, 6) is 2.33. The normalized spacial score (nSPS) is 14.3. The Morgan fingerprint density at radius 3 is 2.55 bits per heavy atom. The van der Waals surface area contributed by atoms with Crippen LogP contribution in [0.5, 0.6) is 5.75 Å². The second-order valence-electron chi connectivity index (χ2n) is 6.87. The minimum absolute atomic E-state index is 0.0225. The Morgan fingerprint density at radius 1 is 1.10 bits per heavy atom. The standard InChI is InChI=1S/C20H23N5O4/c1-13-16(21-19(28-13)15-6-4-5-7-17(15)27-3)12-18(26)24-8-10-25(11-9-24)20-23-22-14(2)29-20/h4-7H,8-12H2,1-3H3. The fourth-order valence-electron chi connectivity index (χ4n) is 3.34. The maximum atomic E-state index is 12.8. The van der Waals surface area contributed by atoms with E-state index in [1.165, 1.54) is 0 Å². The van der Waals surface area contributed by atoms with Crippen LogP contribution in [0.15, 0.2) is 33.1 Å². The number of aromatic nitrogens is 3. The Hall–Kier alpha value is -3.36. The van der Waals surface area contributed by atoms with Crippen molar-refractivity contribution in [3.8, 4) is 17.2 Å². The molecule has 1 fully saturated rings. The molecule has 4 rings (SSSR count). The number of benzene rings is 1. The van der Waals surface area contributed by atoms with Crippen LogP contribution in [-0.2, 0) is 11.2 Å². The van der Waals surface area contributed by atoms with E-state index in [2.05, 4.69) is 15.2 Å². The predicted octanol–water partition coefficient (Wildman–Crippen LogP) is 2.24. The van der Waals surface area contributed by atoms with Crippen LogP contribution in [0, 0.1) is 13.8 Å². The van der Waals surface area contributed by atoms with Gasteiger partial charge in [-0.15, -0.1) is 5.10 Å². The molecule has 0 unspecified atom stereocenters. The smallest absolute Gasteiger partial charge is 0.318 e. The number of hydrogen-bond acceptors (Lipinski definition) is 8. The van der Waals surface area contributed by atoms with E-state index in [1.54, 1.807) is 14.0 Å². The number of piperazine rings is 1. The summed E-state index contributed by atoms with van der Waals surface area (Å²) in [5.41, 5.74) is 1.41. The van der Waals surface area contributed by atoms with Crippen molar-refractivity contribution in [1.82, 2.24) is 20.1 Å². The van der Waals surface area contributed by atoms with Gasteiger partial charge >= 0.3 is 6.01 Å². The first kappa shape index (κ1) is 19.0. The molecular formula is C20H23N5O4. The van der Waals surface area contributed by atoms with Crippen LogP contribution in [0.2, 0.25) is 0 Å². The third-order valence-corrected chi connectivity index (χ3v) is 4.97. The highest BCUT2D eigenvalue weighted by Crippen LogP contribution is 2.30. The average molecular weight is 397 g/mol. The molecule has 0 atom stereocenters. The number of para-hydroxylation sites is 1. The van der Waals surface area contributed by atoms with Gasteiger partial charge in [-0.3, -0.25) is 4.79 Å². The number of carbonyl (C=O) groups is 1. The molecule has 1 aliphatic rings. The number of anilines is 1. The van der Waals surface area contributed by atoms with Crippen molar-refractivity contribution < 1.29 is 18.4 Å². The molecule has 1 amide bonds. The minimum atomic E-state index is 0.0225. The van der Waals surface area contributed by atoms with Crippen molar-refractivity contribution in [2.24, 2.45) is 0 Å².